The molecule has 0 atom stereocenters. The van der Waals surface area contributed by atoms with Gasteiger partial charge in [0.15, 0.2) is 5.82 Å². The van der Waals surface area contributed by atoms with Crippen LogP contribution in [0.25, 0.3) is 11.4 Å². The van der Waals surface area contributed by atoms with Crippen molar-refractivity contribution >= 4 is 5.69 Å². The minimum absolute atomic E-state index is 0.721. The average Bonchev–Trinajstić information content (AvgIpc) is 2.90. The lowest BCUT2D eigenvalue weighted by molar-refractivity contribution is 0.973. The van der Waals surface area contributed by atoms with Gasteiger partial charge in [0, 0.05) is 17.7 Å². The molecule has 0 spiro atoms. The average molecular weight is 264 g/mol. The Morgan fingerprint density at radius 3 is 2.55 bits per heavy atom. The minimum Gasteiger partial charge on any atom is -0.399 e. The Morgan fingerprint density at radius 2 is 1.80 bits per heavy atom. The highest BCUT2D eigenvalue weighted by Crippen LogP contribution is 2.19. The summed E-state index contributed by atoms with van der Waals surface area (Å²) in [5.74, 6) is 1.60. The Kier molecular flexibility index (Phi) is 3.21. The van der Waals surface area contributed by atoms with Crippen LogP contribution in [-0.4, -0.2) is 15.2 Å². The van der Waals surface area contributed by atoms with Gasteiger partial charge in [0.1, 0.15) is 5.82 Å². The van der Waals surface area contributed by atoms with Gasteiger partial charge in [-0.15, -0.1) is 0 Å². The summed E-state index contributed by atoms with van der Waals surface area (Å²) < 4.78 is 0. The largest absolute Gasteiger partial charge is 0.399 e. The summed E-state index contributed by atoms with van der Waals surface area (Å²) in [7, 11) is 0. The molecule has 0 amide bonds. The molecule has 0 aliphatic rings. The van der Waals surface area contributed by atoms with E-state index in [1.165, 1.54) is 5.56 Å². The Morgan fingerprint density at radius 1 is 1.05 bits per heavy atom. The molecular formula is C16H16N4. The molecule has 0 aliphatic heterocycles. The Hall–Kier alpha value is -2.62. The Balaban J connectivity index is 1.84. The van der Waals surface area contributed by atoms with Crippen LogP contribution in [0, 0.1) is 6.92 Å². The number of nitrogens with two attached hydrogens (primary N) is 1. The summed E-state index contributed by atoms with van der Waals surface area (Å²) in [6, 6.07) is 15.9. The molecule has 4 heteroatoms. The van der Waals surface area contributed by atoms with E-state index in [2.05, 4.69) is 28.2 Å². The number of rotatable bonds is 3. The first-order valence-electron chi connectivity index (χ1n) is 6.54. The molecule has 3 rings (SSSR count). The van der Waals surface area contributed by atoms with Crippen molar-refractivity contribution in [1.82, 2.24) is 15.2 Å². The zero-order chi connectivity index (χ0) is 13.9. The fourth-order valence-corrected chi connectivity index (χ4v) is 2.15. The summed E-state index contributed by atoms with van der Waals surface area (Å²) in [5, 5.41) is 7.30. The van der Waals surface area contributed by atoms with Crippen molar-refractivity contribution < 1.29 is 0 Å². The van der Waals surface area contributed by atoms with E-state index in [0.29, 0.717) is 0 Å². The van der Waals surface area contributed by atoms with E-state index in [0.717, 1.165) is 34.9 Å². The highest BCUT2D eigenvalue weighted by atomic mass is 15.2. The summed E-state index contributed by atoms with van der Waals surface area (Å²) in [5.41, 5.74) is 9.84. The van der Waals surface area contributed by atoms with Crippen LogP contribution in [0.5, 0.6) is 0 Å². The lowest BCUT2D eigenvalue weighted by Gasteiger charge is -1.99. The van der Waals surface area contributed by atoms with Gasteiger partial charge >= 0.3 is 0 Å². The number of hydrogen-bond donors (Lipinski definition) is 2. The van der Waals surface area contributed by atoms with E-state index in [1.807, 2.05) is 42.5 Å². The molecule has 1 aromatic heterocycles. The lowest BCUT2D eigenvalue weighted by atomic mass is 10.1. The molecule has 0 aliphatic carbocycles. The molecule has 0 saturated carbocycles. The summed E-state index contributed by atoms with van der Waals surface area (Å²) in [4.78, 5) is 4.56. The Labute approximate surface area is 117 Å². The number of benzene rings is 2. The molecule has 0 bridgehead atoms. The summed E-state index contributed by atoms with van der Waals surface area (Å²) in [6.07, 6.45) is 0.721. The molecular weight excluding hydrogens is 248 g/mol. The third-order valence-electron chi connectivity index (χ3n) is 3.27. The Bertz CT molecular complexity index is 713. The van der Waals surface area contributed by atoms with Crippen LogP contribution in [0.3, 0.4) is 0 Å². The van der Waals surface area contributed by atoms with Crippen molar-refractivity contribution in [1.29, 1.82) is 0 Å². The van der Waals surface area contributed by atoms with Gasteiger partial charge in [-0.3, -0.25) is 5.10 Å². The van der Waals surface area contributed by atoms with E-state index in [-0.39, 0.29) is 0 Å². The summed E-state index contributed by atoms with van der Waals surface area (Å²) >= 11 is 0. The number of aryl methyl sites for hydroxylation is 1. The molecule has 3 N–H and O–H groups in total. The van der Waals surface area contributed by atoms with E-state index >= 15 is 0 Å². The molecule has 100 valence electrons. The van der Waals surface area contributed by atoms with E-state index < -0.39 is 0 Å². The van der Waals surface area contributed by atoms with E-state index in [1.54, 1.807) is 0 Å². The topological polar surface area (TPSA) is 67.6 Å². The number of nitrogens with zero attached hydrogens (tertiary/aromatic N) is 2. The lowest BCUT2D eigenvalue weighted by Crippen LogP contribution is -1.92. The minimum atomic E-state index is 0.721. The number of aromatic amines is 1. The van der Waals surface area contributed by atoms with Crippen LogP contribution in [-0.2, 0) is 6.42 Å². The smallest absolute Gasteiger partial charge is 0.181 e. The van der Waals surface area contributed by atoms with Gasteiger partial charge in [-0.2, -0.15) is 5.10 Å². The first kappa shape index (κ1) is 12.4. The predicted octanol–water partition coefficient (Wildman–Crippen LogP) is 2.95. The predicted molar refractivity (Wildman–Crippen MR) is 80.2 cm³/mol. The number of anilines is 1. The number of nitrogens with one attached hydrogen (secondary N) is 1. The van der Waals surface area contributed by atoms with Crippen LogP contribution in [0.1, 0.15) is 17.0 Å². The maximum absolute atomic E-state index is 5.68. The molecule has 0 unspecified atom stereocenters. The van der Waals surface area contributed by atoms with Crippen molar-refractivity contribution in [2.45, 2.75) is 13.3 Å². The first-order chi connectivity index (χ1) is 9.72. The van der Waals surface area contributed by atoms with Gasteiger partial charge in [0.25, 0.3) is 0 Å². The van der Waals surface area contributed by atoms with Crippen LogP contribution >= 0.6 is 0 Å². The van der Waals surface area contributed by atoms with Crippen LogP contribution in [0.15, 0.2) is 48.5 Å². The van der Waals surface area contributed by atoms with Gasteiger partial charge in [-0.1, -0.05) is 36.4 Å². The zero-order valence-corrected chi connectivity index (χ0v) is 11.3. The normalized spacial score (nSPS) is 10.7. The van der Waals surface area contributed by atoms with Gasteiger partial charge in [0.2, 0.25) is 0 Å². The summed E-state index contributed by atoms with van der Waals surface area (Å²) in [6.45, 7) is 2.06. The maximum atomic E-state index is 5.68. The number of aromatic nitrogens is 3. The second-order valence-corrected chi connectivity index (χ2v) is 4.84. The highest BCUT2D eigenvalue weighted by Gasteiger charge is 2.08. The van der Waals surface area contributed by atoms with Crippen LogP contribution in [0.4, 0.5) is 5.69 Å². The monoisotopic (exact) mass is 264 g/mol. The highest BCUT2D eigenvalue weighted by molar-refractivity contribution is 5.59. The van der Waals surface area contributed by atoms with E-state index in [9.17, 15) is 0 Å². The molecule has 0 radical (unpaired) electrons. The number of nitrogen functional groups attached to an aromatic ring is 1. The second-order valence-electron chi connectivity index (χ2n) is 4.84. The van der Waals surface area contributed by atoms with Gasteiger partial charge in [-0.25, -0.2) is 4.98 Å². The fourth-order valence-electron chi connectivity index (χ4n) is 2.15. The van der Waals surface area contributed by atoms with Crippen LogP contribution < -0.4 is 5.73 Å². The number of hydrogen-bond acceptors (Lipinski definition) is 3. The quantitative estimate of drug-likeness (QED) is 0.715. The van der Waals surface area contributed by atoms with Gasteiger partial charge in [-0.05, 0) is 30.2 Å². The standard InChI is InChI=1S/C16H16N4/c1-11-4-2-3-5-14(11)16-18-15(19-20-16)10-12-6-8-13(17)9-7-12/h2-9H,10,17H2,1H3,(H,18,19,20). The second kappa shape index (κ2) is 5.17. The third-order valence-corrected chi connectivity index (χ3v) is 3.27. The van der Waals surface area contributed by atoms with Crippen LogP contribution in [0.2, 0.25) is 0 Å². The molecule has 20 heavy (non-hydrogen) atoms. The van der Waals surface area contributed by atoms with Gasteiger partial charge in [0.05, 0.1) is 0 Å². The number of H-pyrrole nitrogens is 1. The van der Waals surface area contributed by atoms with Crippen molar-refractivity contribution in [3.63, 3.8) is 0 Å². The SMILES string of the molecule is Cc1ccccc1-c1n[nH]c(Cc2ccc(N)cc2)n1. The van der Waals surface area contributed by atoms with Crippen molar-refractivity contribution in [2.24, 2.45) is 0 Å². The maximum Gasteiger partial charge on any atom is 0.181 e. The van der Waals surface area contributed by atoms with Crippen molar-refractivity contribution in [2.75, 3.05) is 5.73 Å². The molecule has 0 saturated heterocycles. The molecule has 4 nitrogen and oxygen atoms in total. The van der Waals surface area contributed by atoms with Gasteiger partial charge < -0.3 is 5.73 Å². The van der Waals surface area contributed by atoms with Crippen molar-refractivity contribution in [3.8, 4) is 11.4 Å². The molecule has 2 aromatic carbocycles. The third kappa shape index (κ3) is 2.54. The molecule has 0 fully saturated rings. The first-order valence-corrected chi connectivity index (χ1v) is 6.54. The zero-order valence-electron chi connectivity index (χ0n) is 11.3. The van der Waals surface area contributed by atoms with Crippen molar-refractivity contribution in [3.05, 3.63) is 65.5 Å². The molecule has 1 heterocycles. The molecule has 3 aromatic rings. The van der Waals surface area contributed by atoms with E-state index in [4.69, 9.17) is 5.73 Å². The fraction of sp³-hybridized carbons (Fsp3) is 0.125.